The Bertz CT molecular complexity index is 528. The minimum absolute atomic E-state index is 0.0123. The molecule has 2 rings (SSSR count). The van der Waals surface area contributed by atoms with Gasteiger partial charge in [-0.1, -0.05) is 19.0 Å². The lowest BCUT2D eigenvalue weighted by atomic mass is 9.90. The largest absolute Gasteiger partial charge is 0.339 e. The van der Waals surface area contributed by atoms with Crippen LogP contribution in [-0.4, -0.2) is 21.2 Å². The third-order valence-corrected chi connectivity index (χ3v) is 2.97. The van der Waals surface area contributed by atoms with Gasteiger partial charge in [-0.3, -0.25) is 0 Å². The first kappa shape index (κ1) is 13.6. The lowest BCUT2D eigenvalue weighted by molar-refractivity contribution is 0.300. The van der Waals surface area contributed by atoms with E-state index in [2.05, 4.69) is 15.1 Å². The molecule has 2 atom stereocenters. The number of halogens is 1. The van der Waals surface area contributed by atoms with Crippen molar-refractivity contribution < 1.29 is 8.91 Å². The van der Waals surface area contributed by atoms with E-state index in [1.165, 1.54) is 12.1 Å². The summed E-state index contributed by atoms with van der Waals surface area (Å²) in [6.07, 6.45) is 1.12. The fourth-order valence-corrected chi connectivity index (χ4v) is 2.10. The molecule has 0 bridgehead atoms. The molecule has 19 heavy (non-hydrogen) atoms. The van der Waals surface area contributed by atoms with Crippen molar-refractivity contribution in [2.75, 3.05) is 0 Å². The molecule has 0 aromatic carbocycles. The van der Waals surface area contributed by atoms with Gasteiger partial charge in [0.2, 0.25) is 11.7 Å². The van der Waals surface area contributed by atoms with Gasteiger partial charge in [0.15, 0.2) is 0 Å². The summed E-state index contributed by atoms with van der Waals surface area (Å²) in [5.41, 5.74) is 6.42. The van der Waals surface area contributed by atoms with Crippen LogP contribution in [0.3, 0.4) is 0 Å². The van der Waals surface area contributed by atoms with Crippen LogP contribution in [0.5, 0.6) is 0 Å². The summed E-state index contributed by atoms with van der Waals surface area (Å²) in [5.74, 6) is 0.715. The van der Waals surface area contributed by atoms with Gasteiger partial charge in [0.25, 0.3) is 0 Å². The number of hydrogen-bond donors (Lipinski definition) is 1. The second-order valence-corrected chi connectivity index (χ2v) is 4.95. The lowest BCUT2D eigenvalue weighted by Gasteiger charge is -2.20. The van der Waals surface area contributed by atoms with Crippen molar-refractivity contribution >= 4 is 0 Å². The van der Waals surface area contributed by atoms with Gasteiger partial charge in [-0.2, -0.15) is 4.98 Å². The summed E-state index contributed by atoms with van der Waals surface area (Å²) in [6.45, 7) is 6.01. The second-order valence-electron chi connectivity index (χ2n) is 4.95. The van der Waals surface area contributed by atoms with Gasteiger partial charge < -0.3 is 10.3 Å². The summed E-state index contributed by atoms with van der Waals surface area (Å²) in [6, 6.07) is 2.74. The molecule has 0 saturated heterocycles. The Balaban J connectivity index is 2.30. The molecule has 0 fully saturated rings. The normalized spacial score (nSPS) is 14.6. The molecule has 2 N–H and O–H groups in total. The smallest absolute Gasteiger partial charge is 0.231 e. The molecule has 0 amide bonds. The molecule has 2 heterocycles. The van der Waals surface area contributed by atoms with Crippen LogP contribution in [0.25, 0.3) is 11.5 Å². The van der Waals surface area contributed by atoms with E-state index in [9.17, 15) is 4.39 Å². The van der Waals surface area contributed by atoms with E-state index >= 15 is 0 Å². The van der Waals surface area contributed by atoms with Crippen molar-refractivity contribution in [3.63, 3.8) is 0 Å². The van der Waals surface area contributed by atoms with E-state index in [1.54, 1.807) is 0 Å². The van der Waals surface area contributed by atoms with Gasteiger partial charge in [-0.05, 0) is 25.0 Å². The molecule has 0 aliphatic heterocycles. The first-order valence-corrected chi connectivity index (χ1v) is 6.20. The molecule has 2 aromatic rings. The number of pyridine rings is 1. The van der Waals surface area contributed by atoms with Crippen LogP contribution in [0.1, 0.15) is 32.6 Å². The molecular formula is C13H17FN4O. The van der Waals surface area contributed by atoms with Crippen molar-refractivity contribution in [3.05, 3.63) is 30.0 Å². The van der Waals surface area contributed by atoms with Crippen LogP contribution >= 0.6 is 0 Å². The molecule has 5 nitrogen and oxygen atoms in total. The predicted molar refractivity (Wildman–Crippen MR) is 68.7 cm³/mol. The number of hydrogen-bond acceptors (Lipinski definition) is 5. The Labute approximate surface area is 111 Å². The summed E-state index contributed by atoms with van der Waals surface area (Å²) in [5, 5.41) is 3.88. The quantitative estimate of drug-likeness (QED) is 0.917. The van der Waals surface area contributed by atoms with Gasteiger partial charge in [-0.25, -0.2) is 9.37 Å². The molecule has 102 valence electrons. The molecule has 0 aliphatic rings. The van der Waals surface area contributed by atoms with Crippen molar-refractivity contribution in [2.45, 2.75) is 32.7 Å². The number of nitrogens with two attached hydrogens (primary N) is 1. The summed E-state index contributed by atoms with van der Waals surface area (Å²) in [7, 11) is 0. The Morgan fingerprint density at radius 1 is 1.26 bits per heavy atom. The minimum Gasteiger partial charge on any atom is -0.339 e. The lowest BCUT2D eigenvalue weighted by Crippen LogP contribution is -2.28. The van der Waals surface area contributed by atoms with E-state index in [-0.39, 0.29) is 17.9 Å². The van der Waals surface area contributed by atoms with Gasteiger partial charge in [-0.15, -0.1) is 0 Å². The number of nitrogens with zero attached hydrogens (tertiary/aromatic N) is 3. The van der Waals surface area contributed by atoms with E-state index in [0.717, 1.165) is 6.20 Å². The average molecular weight is 264 g/mol. The zero-order chi connectivity index (χ0) is 14.0. The Morgan fingerprint density at radius 2 is 2.00 bits per heavy atom. The highest BCUT2D eigenvalue weighted by molar-refractivity contribution is 5.47. The minimum atomic E-state index is -0.400. The first-order chi connectivity index (χ1) is 8.99. The number of aromatic nitrogens is 3. The standard InChI is InChI=1S/C13H17FN4O/c1-7(2)11(8(3)15)13-17-12(18-19-13)10-5-4-9(14)6-16-10/h4-8,11H,15H2,1-3H3. The Hall–Kier alpha value is -1.82. The van der Waals surface area contributed by atoms with Gasteiger partial charge in [0.1, 0.15) is 11.5 Å². The van der Waals surface area contributed by atoms with Crippen molar-refractivity contribution in [3.8, 4) is 11.5 Å². The maximum Gasteiger partial charge on any atom is 0.231 e. The fraction of sp³-hybridized carbons (Fsp3) is 0.462. The Kier molecular flexibility index (Phi) is 3.90. The highest BCUT2D eigenvalue weighted by atomic mass is 19.1. The highest BCUT2D eigenvalue weighted by Crippen LogP contribution is 2.27. The van der Waals surface area contributed by atoms with E-state index in [1.807, 2.05) is 20.8 Å². The molecule has 0 saturated carbocycles. The number of rotatable bonds is 4. The van der Waals surface area contributed by atoms with Crippen molar-refractivity contribution in [1.29, 1.82) is 0 Å². The van der Waals surface area contributed by atoms with Crippen LogP contribution in [0, 0.1) is 11.7 Å². The van der Waals surface area contributed by atoms with Crippen LogP contribution < -0.4 is 5.73 Å². The molecule has 2 unspecified atom stereocenters. The van der Waals surface area contributed by atoms with Gasteiger partial charge in [0, 0.05) is 6.04 Å². The molecule has 6 heteroatoms. The van der Waals surface area contributed by atoms with Crippen LogP contribution in [-0.2, 0) is 0 Å². The van der Waals surface area contributed by atoms with Crippen LogP contribution in [0.4, 0.5) is 4.39 Å². The molecular weight excluding hydrogens is 247 g/mol. The van der Waals surface area contributed by atoms with Crippen LogP contribution in [0.2, 0.25) is 0 Å². The third kappa shape index (κ3) is 2.96. The maximum absolute atomic E-state index is 12.8. The fourth-order valence-electron chi connectivity index (χ4n) is 2.10. The second kappa shape index (κ2) is 5.44. The van der Waals surface area contributed by atoms with Crippen LogP contribution in [0.15, 0.2) is 22.9 Å². The van der Waals surface area contributed by atoms with Crippen molar-refractivity contribution in [1.82, 2.24) is 15.1 Å². The molecule has 0 aliphatic carbocycles. The molecule has 0 spiro atoms. The van der Waals surface area contributed by atoms with Gasteiger partial charge >= 0.3 is 0 Å². The molecule has 0 radical (unpaired) electrons. The Morgan fingerprint density at radius 3 is 2.53 bits per heavy atom. The maximum atomic E-state index is 12.8. The third-order valence-electron chi connectivity index (χ3n) is 2.97. The van der Waals surface area contributed by atoms with E-state index in [4.69, 9.17) is 10.3 Å². The zero-order valence-corrected chi connectivity index (χ0v) is 11.2. The topological polar surface area (TPSA) is 77.8 Å². The summed E-state index contributed by atoms with van der Waals surface area (Å²) >= 11 is 0. The van der Waals surface area contributed by atoms with Gasteiger partial charge in [0.05, 0.1) is 12.1 Å². The van der Waals surface area contributed by atoms with E-state index in [0.29, 0.717) is 17.4 Å². The van der Waals surface area contributed by atoms with Crippen molar-refractivity contribution in [2.24, 2.45) is 11.7 Å². The summed E-state index contributed by atoms with van der Waals surface area (Å²) in [4.78, 5) is 8.23. The highest BCUT2D eigenvalue weighted by Gasteiger charge is 2.26. The zero-order valence-electron chi connectivity index (χ0n) is 11.2. The predicted octanol–water partition coefficient (Wildman–Crippen LogP) is 2.36. The monoisotopic (exact) mass is 264 g/mol. The van der Waals surface area contributed by atoms with E-state index < -0.39 is 5.82 Å². The first-order valence-electron chi connectivity index (χ1n) is 6.20. The average Bonchev–Trinajstić information content (AvgIpc) is 2.78. The summed E-state index contributed by atoms with van der Waals surface area (Å²) < 4.78 is 18.1. The SMILES string of the molecule is CC(C)C(c1nc(-c2ccc(F)cn2)no1)C(C)N. The molecule has 2 aromatic heterocycles.